The van der Waals surface area contributed by atoms with E-state index in [2.05, 4.69) is 15.6 Å². The molecule has 28 heavy (non-hydrogen) atoms. The van der Waals surface area contributed by atoms with Gasteiger partial charge in [0.1, 0.15) is 5.01 Å². The Balaban J connectivity index is 1.58. The van der Waals surface area contributed by atoms with Crippen molar-refractivity contribution in [2.24, 2.45) is 0 Å². The van der Waals surface area contributed by atoms with Gasteiger partial charge in [-0.15, -0.1) is 23.1 Å². The summed E-state index contributed by atoms with van der Waals surface area (Å²) in [5.41, 5.74) is 1.81. The van der Waals surface area contributed by atoms with Gasteiger partial charge in [0, 0.05) is 17.3 Å². The third-order valence-corrected chi connectivity index (χ3v) is 6.23. The summed E-state index contributed by atoms with van der Waals surface area (Å²) in [6.45, 7) is 2.56. The van der Waals surface area contributed by atoms with Crippen molar-refractivity contribution in [1.29, 1.82) is 0 Å². The molecule has 2 N–H and O–H groups in total. The molecule has 3 rings (SSSR count). The average molecular weight is 434 g/mol. The van der Waals surface area contributed by atoms with Gasteiger partial charge in [-0.05, 0) is 36.8 Å². The molecule has 0 spiro atoms. The van der Waals surface area contributed by atoms with E-state index in [1.807, 2.05) is 31.2 Å². The van der Waals surface area contributed by atoms with Crippen LogP contribution in [0.25, 0.3) is 10.2 Å². The summed E-state index contributed by atoms with van der Waals surface area (Å²) >= 11 is 9.16. The van der Waals surface area contributed by atoms with E-state index in [0.717, 1.165) is 21.6 Å². The highest BCUT2D eigenvalue weighted by molar-refractivity contribution is 7.99. The van der Waals surface area contributed by atoms with Crippen molar-refractivity contribution in [2.45, 2.75) is 19.1 Å². The number of hydrogen-bond acceptors (Lipinski definition) is 5. The van der Waals surface area contributed by atoms with E-state index in [1.54, 1.807) is 29.5 Å². The monoisotopic (exact) mass is 433 g/mol. The standard InChI is InChI=1S/C20H20ClN3O2S2/c1-2-9-22-20(26)14-8-7-13(21)10-16(14)23-18(25)11-27-12-19-24-15-5-3-4-6-17(15)28-19/h3-8,10H,2,9,11-12H2,1H3,(H,22,26)(H,23,25). The van der Waals surface area contributed by atoms with Gasteiger partial charge in [-0.3, -0.25) is 9.59 Å². The second kappa shape index (κ2) is 9.91. The minimum Gasteiger partial charge on any atom is -0.352 e. The van der Waals surface area contributed by atoms with E-state index in [1.165, 1.54) is 11.8 Å². The molecule has 0 aliphatic carbocycles. The van der Waals surface area contributed by atoms with Crippen LogP contribution >= 0.6 is 34.7 Å². The summed E-state index contributed by atoms with van der Waals surface area (Å²) < 4.78 is 1.14. The zero-order valence-electron chi connectivity index (χ0n) is 15.3. The van der Waals surface area contributed by atoms with Crippen LogP contribution in [0.15, 0.2) is 42.5 Å². The SMILES string of the molecule is CCCNC(=O)c1ccc(Cl)cc1NC(=O)CSCc1nc2ccccc2s1. The van der Waals surface area contributed by atoms with Gasteiger partial charge in [0.2, 0.25) is 5.91 Å². The summed E-state index contributed by atoms with van der Waals surface area (Å²) in [6.07, 6.45) is 0.837. The number of thiazole rings is 1. The number of fused-ring (bicyclic) bond motifs is 1. The Morgan fingerprint density at radius 2 is 2.04 bits per heavy atom. The average Bonchev–Trinajstić information content (AvgIpc) is 3.09. The summed E-state index contributed by atoms with van der Waals surface area (Å²) in [6, 6.07) is 12.8. The lowest BCUT2D eigenvalue weighted by atomic mass is 10.1. The number of para-hydroxylation sites is 1. The highest BCUT2D eigenvalue weighted by atomic mass is 35.5. The molecule has 0 saturated heterocycles. The van der Waals surface area contributed by atoms with Crippen molar-refractivity contribution in [1.82, 2.24) is 10.3 Å². The highest BCUT2D eigenvalue weighted by Crippen LogP contribution is 2.25. The van der Waals surface area contributed by atoms with Crippen molar-refractivity contribution in [3.8, 4) is 0 Å². The number of rotatable bonds is 8. The molecule has 0 bridgehead atoms. The van der Waals surface area contributed by atoms with Crippen LogP contribution in [-0.4, -0.2) is 29.1 Å². The van der Waals surface area contributed by atoms with Crippen LogP contribution in [-0.2, 0) is 10.5 Å². The molecule has 0 radical (unpaired) electrons. The van der Waals surface area contributed by atoms with Gasteiger partial charge in [-0.25, -0.2) is 4.98 Å². The predicted molar refractivity (Wildman–Crippen MR) is 118 cm³/mol. The zero-order valence-corrected chi connectivity index (χ0v) is 17.7. The molecule has 0 saturated carbocycles. The smallest absolute Gasteiger partial charge is 0.253 e. The molecule has 0 unspecified atom stereocenters. The minimum atomic E-state index is -0.226. The summed E-state index contributed by atoms with van der Waals surface area (Å²) in [5, 5.41) is 7.06. The van der Waals surface area contributed by atoms with Gasteiger partial charge >= 0.3 is 0 Å². The number of carbonyl (C=O) groups excluding carboxylic acids is 2. The van der Waals surface area contributed by atoms with Gasteiger partial charge in [0.15, 0.2) is 0 Å². The zero-order chi connectivity index (χ0) is 19.9. The molecule has 2 amide bonds. The van der Waals surface area contributed by atoms with E-state index >= 15 is 0 Å². The third-order valence-electron chi connectivity index (χ3n) is 3.83. The Kier molecular flexibility index (Phi) is 7.30. The first-order valence-corrected chi connectivity index (χ1v) is 11.2. The summed E-state index contributed by atoms with van der Waals surface area (Å²) in [4.78, 5) is 29.2. The van der Waals surface area contributed by atoms with Crippen LogP contribution in [0.5, 0.6) is 0 Å². The van der Waals surface area contributed by atoms with Crippen LogP contribution < -0.4 is 10.6 Å². The molecule has 0 aliphatic rings. The van der Waals surface area contributed by atoms with Gasteiger partial charge in [0.25, 0.3) is 5.91 Å². The Hall–Kier alpha value is -2.09. The molecular formula is C20H20ClN3O2S2. The van der Waals surface area contributed by atoms with E-state index in [-0.39, 0.29) is 17.6 Å². The molecule has 2 aromatic carbocycles. The second-order valence-corrected chi connectivity index (χ2v) is 8.60. The van der Waals surface area contributed by atoms with E-state index in [0.29, 0.717) is 28.6 Å². The topological polar surface area (TPSA) is 71.1 Å². The van der Waals surface area contributed by atoms with Crippen LogP contribution in [0, 0.1) is 0 Å². The van der Waals surface area contributed by atoms with Crippen LogP contribution in [0.1, 0.15) is 28.7 Å². The highest BCUT2D eigenvalue weighted by Gasteiger charge is 2.14. The van der Waals surface area contributed by atoms with Crippen LogP contribution in [0.2, 0.25) is 5.02 Å². The number of aromatic nitrogens is 1. The largest absolute Gasteiger partial charge is 0.352 e. The fraction of sp³-hybridized carbons (Fsp3) is 0.250. The molecule has 5 nitrogen and oxygen atoms in total. The van der Waals surface area contributed by atoms with E-state index < -0.39 is 0 Å². The number of benzene rings is 2. The number of nitrogens with one attached hydrogen (secondary N) is 2. The number of nitrogens with zero attached hydrogens (tertiary/aromatic N) is 1. The predicted octanol–water partition coefficient (Wildman–Crippen LogP) is 4.96. The number of carbonyl (C=O) groups is 2. The van der Waals surface area contributed by atoms with E-state index in [9.17, 15) is 9.59 Å². The molecule has 3 aromatic rings. The Morgan fingerprint density at radius 3 is 2.82 bits per heavy atom. The Labute approximate surface area is 176 Å². The molecule has 8 heteroatoms. The number of anilines is 1. The fourth-order valence-electron chi connectivity index (χ4n) is 2.55. The first-order valence-electron chi connectivity index (χ1n) is 8.86. The molecule has 1 heterocycles. The number of amides is 2. The Morgan fingerprint density at radius 1 is 1.21 bits per heavy atom. The van der Waals surface area contributed by atoms with Gasteiger partial charge in [0.05, 0.1) is 27.2 Å². The summed E-state index contributed by atoms with van der Waals surface area (Å²) in [7, 11) is 0. The number of halogens is 1. The number of hydrogen-bond donors (Lipinski definition) is 2. The van der Waals surface area contributed by atoms with E-state index in [4.69, 9.17) is 11.6 Å². The van der Waals surface area contributed by atoms with Crippen molar-refractivity contribution >= 4 is 62.4 Å². The lowest BCUT2D eigenvalue weighted by molar-refractivity contribution is -0.113. The molecule has 0 aliphatic heterocycles. The second-order valence-electron chi connectivity index (χ2n) is 6.06. The van der Waals surface area contributed by atoms with Gasteiger partial charge in [-0.2, -0.15) is 0 Å². The van der Waals surface area contributed by atoms with Crippen molar-refractivity contribution in [3.05, 3.63) is 58.1 Å². The van der Waals surface area contributed by atoms with Crippen molar-refractivity contribution in [3.63, 3.8) is 0 Å². The molecule has 0 fully saturated rings. The third kappa shape index (κ3) is 5.47. The maximum atomic E-state index is 12.4. The summed E-state index contributed by atoms with van der Waals surface area (Å²) in [5.74, 6) is 0.513. The number of thioether (sulfide) groups is 1. The molecular weight excluding hydrogens is 414 g/mol. The lowest BCUT2D eigenvalue weighted by Gasteiger charge is -2.11. The lowest BCUT2D eigenvalue weighted by Crippen LogP contribution is -2.26. The normalized spacial score (nSPS) is 10.8. The minimum absolute atomic E-state index is 0.182. The first-order chi connectivity index (χ1) is 13.6. The first kappa shape index (κ1) is 20.6. The maximum absolute atomic E-state index is 12.4. The molecule has 1 aromatic heterocycles. The van der Waals surface area contributed by atoms with Crippen molar-refractivity contribution < 1.29 is 9.59 Å². The molecule has 146 valence electrons. The van der Waals surface area contributed by atoms with Crippen LogP contribution in [0.4, 0.5) is 5.69 Å². The molecule has 0 atom stereocenters. The van der Waals surface area contributed by atoms with Crippen molar-refractivity contribution in [2.75, 3.05) is 17.6 Å². The fourth-order valence-corrected chi connectivity index (χ4v) is 4.57. The maximum Gasteiger partial charge on any atom is 0.253 e. The van der Waals surface area contributed by atoms with Gasteiger partial charge in [-0.1, -0.05) is 30.7 Å². The van der Waals surface area contributed by atoms with Crippen LogP contribution in [0.3, 0.4) is 0 Å². The Bertz CT molecular complexity index is 957. The quantitative estimate of drug-likeness (QED) is 0.526. The van der Waals surface area contributed by atoms with Gasteiger partial charge < -0.3 is 10.6 Å².